The van der Waals surface area contributed by atoms with E-state index in [1.165, 1.54) is 0 Å². The van der Waals surface area contributed by atoms with Gasteiger partial charge in [-0.3, -0.25) is 0 Å². The van der Waals surface area contributed by atoms with Crippen molar-refractivity contribution in [3.63, 3.8) is 0 Å². The third kappa shape index (κ3) is 1.55. The number of imidazole rings is 1. The molecule has 3 nitrogen and oxygen atoms in total. The van der Waals surface area contributed by atoms with Crippen LogP contribution in [0.3, 0.4) is 0 Å². The Hall–Kier alpha value is -1.87. The molecular weight excluding hydrogens is 222 g/mol. The molecule has 0 amide bonds. The predicted octanol–water partition coefficient (Wildman–Crippen LogP) is 3.28. The zero-order chi connectivity index (χ0) is 11.0. The fourth-order valence-corrected chi connectivity index (χ4v) is 1.81. The Morgan fingerprint density at radius 1 is 1.12 bits per heavy atom. The molecule has 0 spiro atoms. The maximum atomic E-state index is 5.94. The van der Waals surface area contributed by atoms with Gasteiger partial charge >= 0.3 is 0 Å². The highest BCUT2D eigenvalue weighted by atomic mass is 35.5. The summed E-state index contributed by atoms with van der Waals surface area (Å²) in [6, 6.07) is 11.4. The van der Waals surface area contributed by atoms with Gasteiger partial charge in [-0.05, 0) is 24.3 Å². The summed E-state index contributed by atoms with van der Waals surface area (Å²) in [5.41, 5.74) is 2.61. The second-order valence-electron chi connectivity index (χ2n) is 3.47. The molecule has 0 saturated heterocycles. The summed E-state index contributed by atoms with van der Waals surface area (Å²) in [6.07, 6.45) is 1.73. The lowest BCUT2D eigenvalue weighted by Gasteiger charge is -1.95. The van der Waals surface area contributed by atoms with Crippen molar-refractivity contribution in [3.8, 4) is 11.4 Å². The second kappa shape index (κ2) is 3.61. The Bertz CT molecular complexity index is 612. The van der Waals surface area contributed by atoms with Crippen molar-refractivity contribution in [2.45, 2.75) is 0 Å². The van der Waals surface area contributed by atoms with Crippen LogP contribution in [0.1, 0.15) is 0 Å². The van der Waals surface area contributed by atoms with Crippen molar-refractivity contribution in [3.05, 3.63) is 47.6 Å². The Morgan fingerprint density at radius 3 is 2.88 bits per heavy atom. The number of nitrogens with zero attached hydrogens (tertiary/aromatic N) is 2. The van der Waals surface area contributed by atoms with Crippen LogP contribution in [0.15, 0.2) is 42.6 Å². The van der Waals surface area contributed by atoms with Crippen LogP contribution in [0.25, 0.3) is 22.6 Å². The molecule has 4 heteroatoms. The lowest BCUT2D eigenvalue weighted by molar-refractivity contribution is 1.30. The molecular formula is C12H8ClN3. The highest BCUT2D eigenvalue weighted by Gasteiger charge is 2.05. The van der Waals surface area contributed by atoms with Crippen LogP contribution in [-0.2, 0) is 0 Å². The zero-order valence-corrected chi connectivity index (χ0v) is 9.07. The van der Waals surface area contributed by atoms with Crippen molar-refractivity contribution in [2.24, 2.45) is 0 Å². The molecule has 0 saturated carbocycles. The molecule has 0 aliphatic carbocycles. The van der Waals surface area contributed by atoms with E-state index < -0.39 is 0 Å². The maximum absolute atomic E-state index is 5.94. The molecule has 78 valence electrons. The van der Waals surface area contributed by atoms with Crippen LogP contribution in [0.4, 0.5) is 0 Å². The van der Waals surface area contributed by atoms with E-state index >= 15 is 0 Å². The first-order valence-electron chi connectivity index (χ1n) is 4.89. The molecule has 1 N–H and O–H groups in total. The van der Waals surface area contributed by atoms with Gasteiger partial charge in [0.2, 0.25) is 0 Å². The number of hydrogen-bond donors (Lipinski definition) is 1. The molecule has 3 aromatic rings. The number of pyridine rings is 1. The number of aromatic nitrogens is 3. The molecule has 0 aliphatic rings. The molecule has 1 aromatic carbocycles. The minimum Gasteiger partial charge on any atom is -0.337 e. The zero-order valence-electron chi connectivity index (χ0n) is 8.31. The van der Waals surface area contributed by atoms with Crippen LogP contribution in [0, 0.1) is 0 Å². The number of halogens is 1. The minimum atomic E-state index is 0.700. The summed E-state index contributed by atoms with van der Waals surface area (Å²) >= 11 is 5.94. The first-order chi connectivity index (χ1) is 7.83. The molecule has 0 unspecified atom stereocenters. The first kappa shape index (κ1) is 9.36. The average Bonchev–Trinajstić information content (AvgIpc) is 2.72. The summed E-state index contributed by atoms with van der Waals surface area (Å²) in [4.78, 5) is 11.8. The summed E-state index contributed by atoms with van der Waals surface area (Å²) in [5, 5.41) is 0.700. The number of aromatic amines is 1. The molecule has 3 rings (SSSR count). The number of hydrogen-bond acceptors (Lipinski definition) is 2. The van der Waals surface area contributed by atoms with E-state index in [4.69, 9.17) is 11.6 Å². The fourth-order valence-electron chi connectivity index (χ4n) is 1.62. The van der Waals surface area contributed by atoms with Gasteiger partial charge in [-0.1, -0.05) is 23.7 Å². The van der Waals surface area contributed by atoms with Crippen molar-refractivity contribution in [2.75, 3.05) is 0 Å². The highest BCUT2D eigenvalue weighted by molar-refractivity contribution is 6.30. The Labute approximate surface area is 97.1 Å². The van der Waals surface area contributed by atoms with E-state index in [0.29, 0.717) is 5.02 Å². The van der Waals surface area contributed by atoms with Gasteiger partial charge in [0, 0.05) is 16.8 Å². The summed E-state index contributed by atoms with van der Waals surface area (Å²) in [7, 11) is 0. The van der Waals surface area contributed by atoms with Gasteiger partial charge in [0.25, 0.3) is 0 Å². The SMILES string of the molecule is Clc1cccc(-c2nc3ncccc3[nH]2)c1. The van der Waals surface area contributed by atoms with Gasteiger partial charge in [0.1, 0.15) is 5.82 Å². The molecule has 2 aromatic heterocycles. The van der Waals surface area contributed by atoms with E-state index in [2.05, 4.69) is 15.0 Å². The second-order valence-corrected chi connectivity index (χ2v) is 3.91. The molecule has 0 radical (unpaired) electrons. The molecule has 0 atom stereocenters. The van der Waals surface area contributed by atoms with Crippen LogP contribution in [0.2, 0.25) is 5.02 Å². The van der Waals surface area contributed by atoms with E-state index in [0.717, 1.165) is 22.6 Å². The van der Waals surface area contributed by atoms with Crippen molar-refractivity contribution in [1.82, 2.24) is 15.0 Å². The molecule has 16 heavy (non-hydrogen) atoms. The lowest BCUT2D eigenvalue weighted by Crippen LogP contribution is -1.79. The quantitative estimate of drug-likeness (QED) is 0.696. The molecule has 0 aliphatic heterocycles. The first-order valence-corrected chi connectivity index (χ1v) is 5.27. The smallest absolute Gasteiger partial charge is 0.178 e. The normalized spacial score (nSPS) is 10.8. The average molecular weight is 230 g/mol. The third-order valence-corrected chi connectivity index (χ3v) is 2.59. The Kier molecular flexibility index (Phi) is 2.11. The van der Waals surface area contributed by atoms with E-state index in [9.17, 15) is 0 Å². The third-order valence-electron chi connectivity index (χ3n) is 2.36. The minimum absolute atomic E-state index is 0.700. The van der Waals surface area contributed by atoms with Gasteiger partial charge in [0.15, 0.2) is 5.65 Å². The van der Waals surface area contributed by atoms with Crippen LogP contribution >= 0.6 is 11.6 Å². The van der Waals surface area contributed by atoms with Crippen molar-refractivity contribution in [1.29, 1.82) is 0 Å². The fraction of sp³-hybridized carbons (Fsp3) is 0. The van der Waals surface area contributed by atoms with Crippen molar-refractivity contribution < 1.29 is 0 Å². The van der Waals surface area contributed by atoms with E-state index in [1.54, 1.807) is 6.20 Å². The van der Waals surface area contributed by atoms with Gasteiger partial charge in [-0.25, -0.2) is 9.97 Å². The Balaban J connectivity index is 2.19. The Morgan fingerprint density at radius 2 is 2.06 bits per heavy atom. The monoisotopic (exact) mass is 229 g/mol. The maximum Gasteiger partial charge on any atom is 0.178 e. The lowest BCUT2D eigenvalue weighted by atomic mass is 10.2. The van der Waals surface area contributed by atoms with Crippen molar-refractivity contribution >= 4 is 22.8 Å². The van der Waals surface area contributed by atoms with Crippen LogP contribution in [-0.4, -0.2) is 15.0 Å². The van der Waals surface area contributed by atoms with Crippen LogP contribution in [0.5, 0.6) is 0 Å². The van der Waals surface area contributed by atoms with E-state index in [1.807, 2.05) is 36.4 Å². The predicted molar refractivity (Wildman–Crippen MR) is 64.3 cm³/mol. The van der Waals surface area contributed by atoms with Crippen LogP contribution < -0.4 is 0 Å². The molecule has 0 fully saturated rings. The van der Waals surface area contributed by atoms with Gasteiger partial charge in [0.05, 0.1) is 5.52 Å². The molecule has 0 bridgehead atoms. The number of rotatable bonds is 1. The highest BCUT2D eigenvalue weighted by Crippen LogP contribution is 2.21. The van der Waals surface area contributed by atoms with Gasteiger partial charge in [-0.2, -0.15) is 0 Å². The molecule has 2 heterocycles. The number of nitrogens with one attached hydrogen (secondary N) is 1. The number of H-pyrrole nitrogens is 1. The van der Waals surface area contributed by atoms with Gasteiger partial charge in [-0.15, -0.1) is 0 Å². The largest absolute Gasteiger partial charge is 0.337 e. The standard InChI is InChI=1S/C12H8ClN3/c13-9-4-1-3-8(7-9)11-15-10-5-2-6-14-12(10)16-11/h1-7H,(H,14,15,16). The number of fused-ring (bicyclic) bond motifs is 1. The van der Waals surface area contributed by atoms with Gasteiger partial charge < -0.3 is 4.98 Å². The summed E-state index contributed by atoms with van der Waals surface area (Å²) in [5.74, 6) is 0.788. The topological polar surface area (TPSA) is 41.6 Å². The summed E-state index contributed by atoms with van der Waals surface area (Å²) in [6.45, 7) is 0. The van der Waals surface area contributed by atoms with E-state index in [-0.39, 0.29) is 0 Å². The summed E-state index contributed by atoms with van der Waals surface area (Å²) < 4.78 is 0. The number of benzene rings is 1.